The van der Waals surface area contributed by atoms with Crippen LogP contribution < -0.4 is 9.47 Å². The zero-order valence-electron chi connectivity index (χ0n) is 14.4. The van der Waals surface area contributed by atoms with Gasteiger partial charge in [-0.05, 0) is 36.4 Å². The molecule has 0 saturated carbocycles. The predicted octanol–water partition coefficient (Wildman–Crippen LogP) is 6.33. The molecule has 0 saturated heterocycles. The number of hydrogen-bond acceptors (Lipinski definition) is 3. The first-order chi connectivity index (χ1) is 13.5. The maximum Gasteiger partial charge on any atom is 0.231 e. The van der Waals surface area contributed by atoms with Crippen molar-refractivity contribution in [3.8, 4) is 11.5 Å². The van der Waals surface area contributed by atoms with Crippen molar-refractivity contribution in [3.05, 3.63) is 99.0 Å². The molecule has 0 radical (unpaired) electrons. The number of benzene rings is 3. The van der Waals surface area contributed by atoms with Gasteiger partial charge >= 0.3 is 0 Å². The Bertz CT molecular complexity index is 1090. The third kappa shape index (κ3) is 3.61. The highest BCUT2D eigenvalue weighted by Gasteiger charge is 2.28. The number of allylic oxidation sites excluding steroid dienone is 1. The molecule has 0 N–H and O–H groups in total. The number of rotatable bonds is 4. The monoisotopic (exact) mass is 414 g/mol. The number of hydrogen-bond donors (Lipinski definition) is 0. The lowest BCUT2D eigenvalue weighted by Crippen LogP contribution is -1.99. The molecule has 1 aliphatic heterocycles. The average molecular weight is 415 g/mol. The van der Waals surface area contributed by atoms with Gasteiger partial charge in [0.1, 0.15) is 23.9 Å². The first-order valence-electron chi connectivity index (χ1n) is 8.41. The molecule has 140 valence electrons. The summed E-state index contributed by atoms with van der Waals surface area (Å²) in [5.74, 6) is 0.00496. The van der Waals surface area contributed by atoms with Gasteiger partial charge in [-0.15, -0.1) is 0 Å². The molecule has 1 aliphatic rings. The first-order valence-corrected chi connectivity index (χ1v) is 9.17. The van der Waals surface area contributed by atoms with E-state index < -0.39 is 5.82 Å². The van der Waals surface area contributed by atoms with E-state index >= 15 is 0 Å². The van der Waals surface area contributed by atoms with Crippen LogP contribution in [0.25, 0.3) is 6.08 Å². The third-order valence-corrected chi connectivity index (χ3v) is 4.97. The zero-order chi connectivity index (χ0) is 19.7. The van der Waals surface area contributed by atoms with Crippen molar-refractivity contribution in [2.24, 2.45) is 0 Å². The lowest BCUT2D eigenvalue weighted by Gasteiger charge is -2.08. The molecule has 0 aliphatic carbocycles. The number of halogens is 3. The lowest BCUT2D eigenvalue weighted by molar-refractivity contribution is 0.101. The molecule has 3 aromatic carbocycles. The number of carbonyl (C=O) groups is 1. The van der Waals surface area contributed by atoms with Crippen LogP contribution in [0, 0.1) is 5.82 Å². The highest BCUT2D eigenvalue weighted by Crippen LogP contribution is 2.36. The number of Topliss-reactive ketones (excluding diaryl/α,β-unsaturated/α-hetero) is 1. The lowest BCUT2D eigenvalue weighted by atomic mass is 10.1. The fraction of sp³-hybridized carbons (Fsp3) is 0.0455. The van der Waals surface area contributed by atoms with E-state index in [9.17, 15) is 9.18 Å². The van der Waals surface area contributed by atoms with Gasteiger partial charge in [-0.1, -0.05) is 47.5 Å². The molecule has 0 atom stereocenters. The predicted molar refractivity (Wildman–Crippen MR) is 107 cm³/mol. The molecular formula is C22H13Cl2FO3. The molecule has 3 aromatic rings. The topological polar surface area (TPSA) is 35.5 Å². The van der Waals surface area contributed by atoms with Crippen molar-refractivity contribution in [2.45, 2.75) is 6.61 Å². The molecule has 4 rings (SSSR count). The fourth-order valence-corrected chi connectivity index (χ4v) is 3.22. The van der Waals surface area contributed by atoms with Crippen LogP contribution in [0.3, 0.4) is 0 Å². The van der Waals surface area contributed by atoms with Crippen LogP contribution in [0.2, 0.25) is 10.0 Å². The molecule has 0 spiro atoms. The minimum atomic E-state index is -0.531. The van der Waals surface area contributed by atoms with Gasteiger partial charge in [0.2, 0.25) is 5.78 Å². The third-order valence-electron chi connectivity index (χ3n) is 4.27. The quantitative estimate of drug-likeness (QED) is 0.468. The van der Waals surface area contributed by atoms with E-state index in [4.69, 9.17) is 32.7 Å². The molecule has 3 nitrogen and oxygen atoms in total. The van der Waals surface area contributed by atoms with Gasteiger partial charge < -0.3 is 9.47 Å². The van der Waals surface area contributed by atoms with Crippen LogP contribution in [-0.4, -0.2) is 5.78 Å². The second-order valence-corrected chi connectivity index (χ2v) is 6.93. The van der Waals surface area contributed by atoms with E-state index in [0.717, 1.165) is 5.56 Å². The van der Waals surface area contributed by atoms with Crippen molar-refractivity contribution in [2.75, 3.05) is 0 Å². The highest BCUT2D eigenvalue weighted by molar-refractivity contribution is 6.32. The molecule has 0 bridgehead atoms. The standard InChI is InChI=1S/C22H13Cl2FO3/c23-17-5-2-1-4-13(17)12-27-14-8-9-15-20(10-14)28-21(22(15)26)11-16-18(24)6-3-7-19(16)25/h1-11H,12H2. The number of carbonyl (C=O) groups excluding carboxylic acids is 1. The van der Waals surface area contributed by atoms with Crippen LogP contribution >= 0.6 is 23.2 Å². The molecule has 0 amide bonds. The smallest absolute Gasteiger partial charge is 0.231 e. The van der Waals surface area contributed by atoms with Gasteiger partial charge in [-0.3, -0.25) is 4.79 Å². The van der Waals surface area contributed by atoms with Gasteiger partial charge in [-0.25, -0.2) is 4.39 Å². The molecule has 28 heavy (non-hydrogen) atoms. The van der Waals surface area contributed by atoms with E-state index in [1.165, 1.54) is 18.2 Å². The van der Waals surface area contributed by atoms with Crippen molar-refractivity contribution in [1.82, 2.24) is 0 Å². The Morgan fingerprint density at radius 3 is 2.57 bits per heavy atom. The van der Waals surface area contributed by atoms with E-state index in [1.807, 2.05) is 18.2 Å². The summed E-state index contributed by atoms with van der Waals surface area (Å²) in [7, 11) is 0. The van der Waals surface area contributed by atoms with Crippen molar-refractivity contribution in [1.29, 1.82) is 0 Å². The summed E-state index contributed by atoms with van der Waals surface area (Å²) < 4.78 is 25.4. The van der Waals surface area contributed by atoms with Crippen LogP contribution in [-0.2, 0) is 6.61 Å². The maximum absolute atomic E-state index is 14.0. The Balaban J connectivity index is 1.56. The summed E-state index contributed by atoms with van der Waals surface area (Å²) in [6, 6.07) is 16.6. The van der Waals surface area contributed by atoms with Crippen molar-refractivity contribution >= 4 is 35.1 Å². The molecule has 0 unspecified atom stereocenters. The number of fused-ring (bicyclic) bond motifs is 1. The Morgan fingerprint density at radius 1 is 1.00 bits per heavy atom. The number of ketones is 1. The minimum absolute atomic E-state index is 0.00486. The second kappa shape index (κ2) is 7.66. The first kappa shape index (κ1) is 18.5. The Morgan fingerprint density at radius 2 is 1.79 bits per heavy atom. The highest BCUT2D eigenvalue weighted by atomic mass is 35.5. The van der Waals surface area contributed by atoms with Gasteiger partial charge in [0.25, 0.3) is 0 Å². The van der Waals surface area contributed by atoms with Crippen LogP contribution in [0.1, 0.15) is 21.5 Å². The molecule has 0 aromatic heterocycles. The zero-order valence-corrected chi connectivity index (χ0v) is 15.9. The van der Waals surface area contributed by atoms with Crippen LogP contribution in [0.15, 0.2) is 66.4 Å². The van der Waals surface area contributed by atoms with Crippen molar-refractivity contribution in [3.63, 3.8) is 0 Å². The Hall–Kier alpha value is -2.82. The van der Waals surface area contributed by atoms with E-state index in [2.05, 4.69) is 0 Å². The van der Waals surface area contributed by atoms with Crippen molar-refractivity contribution < 1.29 is 18.7 Å². The largest absolute Gasteiger partial charge is 0.489 e. The maximum atomic E-state index is 14.0. The van der Waals surface area contributed by atoms with E-state index in [1.54, 1.807) is 30.3 Å². The summed E-state index contributed by atoms with van der Waals surface area (Å²) in [6.07, 6.45) is 1.31. The van der Waals surface area contributed by atoms with Gasteiger partial charge in [-0.2, -0.15) is 0 Å². The van der Waals surface area contributed by atoms with Gasteiger partial charge in [0.15, 0.2) is 5.76 Å². The van der Waals surface area contributed by atoms with Gasteiger partial charge in [0, 0.05) is 22.2 Å². The van der Waals surface area contributed by atoms with E-state index in [-0.39, 0.29) is 28.7 Å². The van der Waals surface area contributed by atoms with E-state index in [0.29, 0.717) is 22.1 Å². The van der Waals surface area contributed by atoms with Crippen LogP contribution in [0.5, 0.6) is 11.5 Å². The molecular weight excluding hydrogens is 402 g/mol. The second-order valence-electron chi connectivity index (χ2n) is 6.11. The summed E-state index contributed by atoms with van der Waals surface area (Å²) >= 11 is 12.1. The summed E-state index contributed by atoms with van der Waals surface area (Å²) in [5, 5.41) is 0.811. The molecule has 0 fully saturated rings. The molecule has 6 heteroatoms. The Kier molecular flexibility index (Phi) is 5.07. The summed E-state index contributed by atoms with van der Waals surface area (Å²) in [6.45, 7) is 0.278. The van der Waals surface area contributed by atoms with Gasteiger partial charge in [0.05, 0.1) is 10.6 Å². The number of ether oxygens (including phenoxy) is 2. The summed E-state index contributed by atoms with van der Waals surface area (Å²) in [5.41, 5.74) is 1.33. The molecule has 1 heterocycles. The average Bonchev–Trinajstić information content (AvgIpc) is 2.99. The summed E-state index contributed by atoms with van der Waals surface area (Å²) in [4.78, 5) is 12.5. The normalized spacial score (nSPS) is 14.1. The van der Waals surface area contributed by atoms with Crippen LogP contribution in [0.4, 0.5) is 4.39 Å². The minimum Gasteiger partial charge on any atom is -0.489 e. The Labute approximate surface area is 170 Å². The fourth-order valence-electron chi connectivity index (χ4n) is 2.81. The SMILES string of the molecule is O=C1C(=Cc2c(F)cccc2Cl)Oc2cc(OCc3ccccc3Cl)ccc21.